The Bertz CT molecular complexity index is 1010. The van der Waals surface area contributed by atoms with Crippen LogP contribution in [-0.2, 0) is 0 Å². The van der Waals surface area contributed by atoms with E-state index in [0.717, 1.165) is 34.2 Å². The Labute approximate surface area is 173 Å². The number of hydrogen-bond donors (Lipinski definition) is 0. The fraction of sp³-hybridized carbons (Fsp3) is 0.333. The normalized spacial score (nSPS) is 14.2. The number of methoxy groups -OCH3 is 3. The number of aromatic nitrogens is 1. The zero-order valence-electron chi connectivity index (χ0n) is 16.7. The predicted molar refractivity (Wildman–Crippen MR) is 114 cm³/mol. The van der Waals surface area contributed by atoms with E-state index >= 15 is 0 Å². The first kappa shape index (κ1) is 19.3. The minimum atomic E-state index is -0.0205. The number of ether oxygens (including phenoxy) is 3. The van der Waals surface area contributed by atoms with Crippen molar-refractivity contribution in [1.82, 2.24) is 9.88 Å². The summed E-state index contributed by atoms with van der Waals surface area (Å²) in [5.41, 5.74) is 1.45. The molecule has 0 spiro atoms. The summed E-state index contributed by atoms with van der Waals surface area (Å²) >= 11 is 1.65. The molecule has 4 rings (SSSR count). The Morgan fingerprint density at radius 1 is 0.966 bits per heavy atom. The van der Waals surface area contributed by atoms with Gasteiger partial charge < -0.3 is 24.0 Å². The number of anilines is 1. The van der Waals surface area contributed by atoms with Crippen molar-refractivity contribution in [3.8, 4) is 17.2 Å². The summed E-state index contributed by atoms with van der Waals surface area (Å²) < 4.78 is 17.1. The lowest BCUT2D eigenvalue weighted by Gasteiger charge is -2.34. The Morgan fingerprint density at radius 2 is 1.66 bits per heavy atom. The molecule has 7 nitrogen and oxygen atoms in total. The zero-order valence-corrected chi connectivity index (χ0v) is 17.5. The molecule has 1 saturated heterocycles. The van der Waals surface area contributed by atoms with Gasteiger partial charge >= 0.3 is 0 Å². The van der Waals surface area contributed by atoms with Gasteiger partial charge in [-0.05, 0) is 24.3 Å². The van der Waals surface area contributed by atoms with Crippen LogP contribution >= 0.6 is 11.3 Å². The molecule has 0 unspecified atom stereocenters. The van der Waals surface area contributed by atoms with Gasteiger partial charge in [-0.2, -0.15) is 0 Å². The van der Waals surface area contributed by atoms with E-state index in [4.69, 9.17) is 19.2 Å². The summed E-state index contributed by atoms with van der Waals surface area (Å²) in [5, 5.41) is 0.958. The fourth-order valence-electron chi connectivity index (χ4n) is 3.43. The molecule has 1 fully saturated rings. The molecular weight excluding hydrogens is 390 g/mol. The summed E-state index contributed by atoms with van der Waals surface area (Å²) in [6, 6.07) is 11.2. The van der Waals surface area contributed by atoms with Crippen molar-refractivity contribution in [2.24, 2.45) is 0 Å². The smallest absolute Gasteiger partial charge is 0.254 e. The van der Waals surface area contributed by atoms with E-state index in [2.05, 4.69) is 11.0 Å². The molecule has 0 bridgehead atoms. The van der Waals surface area contributed by atoms with Crippen molar-refractivity contribution in [2.75, 3.05) is 52.4 Å². The van der Waals surface area contributed by atoms with Crippen molar-refractivity contribution < 1.29 is 19.0 Å². The van der Waals surface area contributed by atoms with Crippen LogP contribution in [0.5, 0.6) is 17.2 Å². The second-order valence-corrected chi connectivity index (χ2v) is 7.69. The number of thiazole rings is 1. The lowest BCUT2D eigenvalue weighted by molar-refractivity contribution is 0.0746. The fourth-order valence-corrected chi connectivity index (χ4v) is 4.46. The molecule has 1 aliphatic heterocycles. The maximum absolute atomic E-state index is 13.0. The molecule has 0 N–H and O–H groups in total. The SMILES string of the molecule is COc1cc(OC)cc(C(=O)N2CCN(c3nc4c(OC)cccc4s3)CC2)c1. The van der Waals surface area contributed by atoms with Crippen LogP contribution in [0.1, 0.15) is 10.4 Å². The van der Waals surface area contributed by atoms with Gasteiger partial charge in [0, 0.05) is 37.8 Å². The highest BCUT2D eigenvalue weighted by atomic mass is 32.1. The Balaban J connectivity index is 1.48. The number of carbonyl (C=O) groups excluding carboxylic acids is 1. The molecule has 0 atom stereocenters. The molecule has 2 aromatic carbocycles. The van der Waals surface area contributed by atoms with Crippen LogP contribution in [0, 0.1) is 0 Å². The molecule has 1 aromatic heterocycles. The molecule has 3 aromatic rings. The minimum Gasteiger partial charge on any atom is -0.497 e. The number of nitrogens with zero attached hydrogens (tertiary/aromatic N) is 3. The number of amides is 1. The summed E-state index contributed by atoms with van der Waals surface area (Å²) in [7, 11) is 4.81. The zero-order chi connectivity index (χ0) is 20.4. The number of piperazine rings is 1. The topological polar surface area (TPSA) is 64.1 Å². The molecule has 0 radical (unpaired) electrons. The summed E-state index contributed by atoms with van der Waals surface area (Å²) in [6.45, 7) is 2.72. The van der Waals surface area contributed by atoms with E-state index in [-0.39, 0.29) is 5.91 Å². The van der Waals surface area contributed by atoms with Crippen molar-refractivity contribution in [3.63, 3.8) is 0 Å². The second kappa shape index (κ2) is 8.16. The van der Waals surface area contributed by atoms with Crippen LogP contribution in [0.3, 0.4) is 0 Å². The Kier molecular flexibility index (Phi) is 5.44. The second-order valence-electron chi connectivity index (χ2n) is 6.68. The molecule has 0 aliphatic carbocycles. The van der Waals surface area contributed by atoms with Gasteiger partial charge in [0.05, 0.1) is 26.0 Å². The van der Waals surface area contributed by atoms with Crippen LogP contribution in [0.25, 0.3) is 10.2 Å². The minimum absolute atomic E-state index is 0.0205. The first-order valence-electron chi connectivity index (χ1n) is 9.33. The van der Waals surface area contributed by atoms with Crippen LogP contribution in [0.2, 0.25) is 0 Å². The average molecular weight is 413 g/mol. The number of benzene rings is 2. The van der Waals surface area contributed by atoms with Gasteiger partial charge in [-0.3, -0.25) is 4.79 Å². The van der Waals surface area contributed by atoms with Crippen LogP contribution in [-0.4, -0.2) is 63.3 Å². The molecule has 1 aliphatic rings. The van der Waals surface area contributed by atoms with Crippen molar-refractivity contribution in [1.29, 1.82) is 0 Å². The van der Waals surface area contributed by atoms with E-state index in [1.165, 1.54) is 0 Å². The molecule has 8 heteroatoms. The van der Waals surface area contributed by atoms with E-state index in [1.807, 2.05) is 17.0 Å². The summed E-state index contributed by atoms with van der Waals surface area (Å²) in [4.78, 5) is 21.8. The van der Waals surface area contributed by atoms with Gasteiger partial charge in [0.15, 0.2) is 5.13 Å². The summed E-state index contributed by atoms with van der Waals surface area (Å²) in [6.07, 6.45) is 0. The standard InChI is InChI=1S/C21H23N3O4S/c1-26-15-11-14(12-16(13-15)27-2)20(25)23-7-9-24(10-8-23)21-22-19-17(28-3)5-4-6-18(19)29-21/h4-6,11-13H,7-10H2,1-3H3. The van der Waals surface area contributed by atoms with E-state index < -0.39 is 0 Å². The van der Waals surface area contributed by atoms with Gasteiger partial charge in [0.2, 0.25) is 0 Å². The average Bonchev–Trinajstić information content (AvgIpc) is 3.22. The Hall–Kier alpha value is -3.00. The highest BCUT2D eigenvalue weighted by Crippen LogP contribution is 2.34. The predicted octanol–water partition coefficient (Wildman–Crippen LogP) is 3.28. The van der Waals surface area contributed by atoms with Gasteiger partial charge in [0.25, 0.3) is 5.91 Å². The number of rotatable bonds is 5. The third-order valence-corrected chi connectivity index (χ3v) is 6.11. The molecular formula is C21H23N3O4S. The van der Waals surface area contributed by atoms with Crippen LogP contribution in [0.15, 0.2) is 36.4 Å². The number of carbonyl (C=O) groups is 1. The van der Waals surface area contributed by atoms with Crippen molar-refractivity contribution in [3.05, 3.63) is 42.0 Å². The third kappa shape index (κ3) is 3.80. The number of para-hydroxylation sites is 1. The molecule has 1 amide bonds. The maximum Gasteiger partial charge on any atom is 0.254 e. The highest BCUT2D eigenvalue weighted by Gasteiger charge is 2.25. The van der Waals surface area contributed by atoms with E-state index in [9.17, 15) is 4.79 Å². The lowest BCUT2D eigenvalue weighted by atomic mass is 10.1. The van der Waals surface area contributed by atoms with Crippen LogP contribution < -0.4 is 19.1 Å². The van der Waals surface area contributed by atoms with Gasteiger partial charge in [-0.15, -0.1) is 0 Å². The van der Waals surface area contributed by atoms with Gasteiger partial charge in [-0.25, -0.2) is 4.98 Å². The number of hydrogen-bond acceptors (Lipinski definition) is 7. The molecule has 152 valence electrons. The quantitative estimate of drug-likeness (QED) is 0.640. The first-order chi connectivity index (χ1) is 14.1. The van der Waals surface area contributed by atoms with Gasteiger partial charge in [0.1, 0.15) is 22.8 Å². The molecule has 2 heterocycles. The first-order valence-corrected chi connectivity index (χ1v) is 10.2. The third-order valence-electron chi connectivity index (χ3n) is 5.03. The lowest BCUT2D eigenvalue weighted by Crippen LogP contribution is -2.48. The monoisotopic (exact) mass is 413 g/mol. The summed E-state index contributed by atoms with van der Waals surface area (Å²) in [5.74, 6) is 1.98. The van der Waals surface area contributed by atoms with Gasteiger partial charge in [-0.1, -0.05) is 17.4 Å². The van der Waals surface area contributed by atoms with Crippen LogP contribution in [0.4, 0.5) is 5.13 Å². The number of fused-ring (bicyclic) bond motifs is 1. The maximum atomic E-state index is 13.0. The Morgan fingerprint density at radius 3 is 2.28 bits per heavy atom. The van der Waals surface area contributed by atoms with Crippen molar-refractivity contribution >= 4 is 32.6 Å². The largest absolute Gasteiger partial charge is 0.497 e. The van der Waals surface area contributed by atoms with Crippen molar-refractivity contribution in [2.45, 2.75) is 0 Å². The molecule has 29 heavy (non-hydrogen) atoms. The van der Waals surface area contributed by atoms with E-state index in [1.54, 1.807) is 50.9 Å². The van der Waals surface area contributed by atoms with E-state index in [0.29, 0.717) is 30.2 Å². The highest BCUT2D eigenvalue weighted by molar-refractivity contribution is 7.22. The molecule has 0 saturated carbocycles.